The smallest absolute Gasteiger partial charge is 0.338 e. The largest absolute Gasteiger partial charge is 0.389 e. The minimum absolute atomic E-state index is 0.0525. The lowest BCUT2D eigenvalue weighted by molar-refractivity contribution is -0.135. The third kappa shape index (κ3) is 6.38. The van der Waals surface area contributed by atoms with Crippen LogP contribution in [0.1, 0.15) is 38.5 Å². The van der Waals surface area contributed by atoms with Gasteiger partial charge in [-0.25, -0.2) is 4.79 Å². The second-order valence-electron chi connectivity index (χ2n) is 4.35. The fourth-order valence-electron chi connectivity index (χ4n) is 1.87. The summed E-state index contributed by atoms with van der Waals surface area (Å²) in [4.78, 5) is 13.3. The van der Waals surface area contributed by atoms with Gasteiger partial charge in [-0.3, -0.25) is 0 Å². The highest BCUT2D eigenvalue weighted by Crippen LogP contribution is 2.20. The van der Waals surface area contributed by atoms with E-state index in [1.807, 2.05) is 0 Å². The van der Waals surface area contributed by atoms with E-state index >= 15 is 0 Å². The van der Waals surface area contributed by atoms with Gasteiger partial charge in [-0.05, 0) is 19.3 Å². The van der Waals surface area contributed by atoms with Crippen molar-refractivity contribution >= 4 is 6.03 Å². The monoisotopic (exact) mass is 252 g/mol. The molecule has 3 nitrogen and oxygen atoms in total. The lowest BCUT2D eigenvalue weighted by Crippen LogP contribution is -2.41. The Kier molecular flexibility index (Phi) is 5.58. The Labute approximate surface area is 99.4 Å². The van der Waals surface area contributed by atoms with Crippen LogP contribution >= 0.6 is 0 Å². The van der Waals surface area contributed by atoms with Crippen LogP contribution in [-0.2, 0) is 0 Å². The second kappa shape index (κ2) is 6.71. The molecule has 0 aromatic heterocycles. The molecule has 0 unspecified atom stereocenters. The van der Waals surface area contributed by atoms with Crippen LogP contribution in [0.4, 0.5) is 18.0 Å². The fraction of sp³-hybridized carbons (Fsp3) is 0.909. The van der Waals surface area contributed by atoms with Crippen molar-refractivity contribution in [2.45, 2.75) is 44.7 Å². The number of alkyl halides is 3. The number of carbonyl (C=O) groups is 1. The summed E-state index contributed by atoms with van der Waals surface area (Å²) in [6.07, 6.45) is -0.814. The molecule has 17 heavy (non-hydrogen) atoms. The van der Waals surface area contributed by atoms with E-state index in [0.29, 0.717) is 13.1 Å². The molecular formula is C11H19F3N2O. The van der Waals surface area contributed by atoms with E-state index < -0.39 is 12.6 Å². The number of carbonyl (C=O) groups excluding carboxylic acids is 1. The topological polar surface area (TPSA) is 32.3 Å². The van der Waals surface area contributed by atoms with Crippen molar-refractivity contribution in [1.82, 2.24) is 10.2 Å². The fourth-order valence-corrected chi connectivity index (χ4v) is 1.87. The number of rotatable bonds is 3. The number of amides is 2. The zero-order valence-corrected chi connectivity index (χ0v) is 9.85. The Hall–Kier alpha value is -0.940. The van der Waals surface area contributed by atoms with Crippen LogP contribution in [0.25, 0.3) is 0 Å². The average molecular weight is 252 g/mol. The van der Waals surface area contributed by atoms with E-state index in [4.69, 9.17) is 0 Å². The molecule has 0 aliphatic carbocycles. The number of urea groups is 1. The number of halogens is 3. The van der Waals surface area contributed by atoms with Gasteiger partial charge in [-0.15, -0.1) is 0 Å². The van der Waals surface area contributed by atoms with Gasteiger partial charge in [0.1, 0.15) is 0 Å². The molecule has 0 bridgehead atoms. The van der Waals surface area contributed by atoms with Crippen molar-refractivity contribution < 1.29 is 18.0 Å². The average Bonchev–Trinajstić information content (AvgIpc) is 2.51. The highest BCUT2D eigenvalue weighted by Gasteiger charge is 2.26. The van der Waals surface area contributed by atoms with E-state index in [0.717, 1.165) is 25.7 Å². The lowest BCUT2D eigenvalue weighted by Gasteiger charge is -2.20. The zero-order valence-electron chi connectivity index (χ0n) is 9.85. The highest BCUT2D eigenvalue weighted by atomic mass is 19.4. The van der Waals surface area contributed by atoms with E-state index in [1.54, 1.807) is 4.90 Å². The maximum atomic E-state index is 11.9. The Balaban J connectivity index is 2.15. The standard InChI is InChI=1S/C11H19F3N2O/c12-11(13,14)6-5-7-15-10(17)16-8-3-1-2-4-9-16/h1-9H2,(H,15,17). The minimum Gasteiger partial charge on any atom is -0.338 e. The first-order chi connectivity index (χ1) is 7.99. The molecule has 0 aromatic carbocycles. The molecule has 6 heteroatoms. The lowest BCUT2D eigenvalue weighted by atomic mass is 10.2. The van der Waals surface area contributed by atoms with Gasteiger partial charge in [-0.1, -0.05) is 12.8 Å². The van der Waals surface area contributed by atoms with Gasteiger partial charge in [0.05, 0.1) is 0 Å². The highest BCUT2D eigenvalue weighted by molar-refractivity contribution is 5.74. The van der Waals surface area contributed by atoms with Crippen molar-refractivity contribution in [3.8, 4) is 0 Å². The second-order valence-corrected chi connectivity index (χ2v) is 4.35. The molecule has 1 N–H and O–H groups in total. The molecule has 1 fully saturated rings. The number of nitrogens with zero attached hydrogens (tertiary/aromatic N) is 1. The summed E-state index contributed by atoms with van der Waals surface area (Å²) in [5, 5.41) is 2.54. The first-order valence-electron chi connectivity index (χ1n) is 6.08. The molecule has 0 radical (unpaired) electrons. The number of hydrogen-bond donors (Lipinski definition) is 1. The number of likely N-dealkylation sites (tertiary alicyclic amines) is 1. The van der Waals surface area contributed by atoms with Gasteiger partial charge in [0.25, 0.3) is 0 Å². The van der Waals surface area contributed by atoms with Gasteiger partial charge >= 0.3 is 12.2 Å². The Morgan fingerprint density at radius 2 is 1.71 bits per heavy atom. The third-order valence-electron chi connectivity index (χ3n) is 2.81. The molecule has 1 heterocycles. The van der Waals surface area contributed by atoms with Crippen LogP contribution in [0.15, 0.2) is 0 Å². The van der Waals surface area contributed by atoms with Gasteiger partial charge in [0.2, 0.25) is 0 Å². The predicted molar refractivity (Wildman–Crippen MR) is 58.7 cm³/mol. The van der Waals surface area contributed by atoms with Crippen LogP contribution in [0, 0.1) is 0 Å². The molecule has 0 aromatic rings. The summed E-state index contributed by atoms with van der Waals surface area (Å²) >= 11 is 0. The summed E-state index contributed by atoms with van der Waals surface area (Å²) in [5.41, 5.74) is 0. The normalized spacial score (nSPS) is 17.7. The van der Waals surface area contributed by atoms with Crippen LogP contribution in [0.5, 0.6) is 0 Å². The van der Waals surface area contributed by atoms with Crippen LogP contribution in [0.3, 0.4) is 0 Å². The van der Waals surface area contributed by atoms with Crippen molar-refractivity contribution in [3.05, 3.63) is 0 Å². The van der Waals surface area contributed by atoms with E-state index in [1.165, 1.54) is 0 Å². The van der Waals surface area contributed by atoms with Gasteiger partial charge in [0.15, 0.2) is 0 Å². The maximum Gasteiger partial charge on any atom is 0.389 e. The van der Waals surface area contributed by atoms with Crippen LogP contribution in [0.2, 0.25) is 0 Å². The van der Waals surface area contributed by atoms with Gasteiger partial charge < -0.3 is 10.2 Å². The van der Waals surface area contributed by atoms with Crippen LogP contribution < -0.4 is 5.32 Å². The van der Waals surface area contributed by atoms with Gasteiger partial charge in [0, 0.05) is 26.1 Å². The summed E-state index contributed by atoms with van der Waals surface area (Å²) < 4.78 is 35.6. The van der Waals surface area contributed by atoms with Crippen LogP contribution in [-0.4, -0.2) is 36.7 Å². The molecule has 1 saturated heterocycles. The Morgan fingerprint density at radius 3 is 2.24 bits per heavy atom. The third-order valence-corrected chi connectivity index (χ3v) is 2.81. The van der Waals surface area contributed by atoms with E-state index in [-0.39, 0.29) is 19.0 Å². The summed E-state index contributed by atoms with van der Waals surface area (Å²) in [7, 11) is 0. The summed E-state index contributed by atoms with van der Waals surface area (Å²) in [6, 6.07) is -0.228. The molecule has 1 rings (SSSR count). The molecule has 1 aliphatic heterocycles. The quantitative estimate of drug-likeness (QED) is 0.769. The van der Waals surface area contributed by atoms with Crippen molar-refractivity contribution in [3.63, 3.8) is 0 Å². The maximum absolute atomic E-state index is 11.9. The zero-order chi connectivity index (χ0) is 12.7. The predicted octanol–water partition coefficient (Wildman–Crippen LogP) is 2.91. The molecule has 0 saturated carbocycles. The first-order valence-corrected chi connectivity index (χ1v) is 6.08. The number of nitrogens with one attached hydrogen (secondary N) is 1. The molecule has 0 spiro atoms. The molecule has 100 valence electrons. The molecule has 1 aliphatic rings. The summed E-state index contributed by atoms with van der Waals surface area (Å²) in [6.45, 7) is 1.52. The van der Waals surface area contributed by atoms with Gasteiger partial charge in [-0.2, -0.15) is 13.2 Å². The van der Waals surface area contributed by atoms with Crippen molar-refractivity contribution in [1.29, 1.82) is 0 Å². The Morgan fingerprint density at radius 1 is 1.12 bits per heavy atom. The molecule has 2 amide bonds. The van der Waals surface area contributed by atoms with Crippen molar-refractivity contribution in [2.24, 2.45) is 0 Å². The molecule has 0 atom stereocenters. The van der Waals surface area contributed by atoms with E-state index in [9.17, 15) is 18.0 Å². The minimum atomic E-state index is -4.13. The summed E-state index contributed by atoms with van der Waals surface area (Å²) in [5.74, 6) is 0. The van der Waals surface area contributed by atoms with E-state index in [2.05, 4.69) is 5.32 Å². The Bertz CT molecular complexity index is 235. The first kappa shape index (κ1) is 14.1. The number of hydrogen-bond acceptors (Lipinski definition) is 1. The van der Waals surface area contributed by atoms with Crippen molar-refractivity contribution in [2.75, 3.05) is 19.6 Å². The molecular weight excluding hydrogens is 233 g/mol. The SMILES string of the molecule is O=C(NCCCC(F)(F)F)N1CCCCCC1.